The number of rotatable bonds is 7. The van der Waals surface area contributed by atoms with Crippen molar-refractivity contribution in [1.29, 1.82) is 0 Å². The maximum absolute atomic E-state index is 13.0. The fraction of sp³-hybridized carbons (Fsp3) is 0.256. The zero-order valence-corrected chi connectivity index (χ0v) is 30.3. The highest BCUT2D eigenvalue weighted by molar-refractivity contribution is 6.07. The van der Waals surface area contributed by atoms with Crippen LogP contribution in [0.1, 0.15) is 53.4 Å². The van der Waals surface area contributed by atoms with E-state index in [0.29, 0.717) is 33.7 Å². The SMILES string of the molecule is Cc1cc(-c2ccc(N(C)c3cc(C(C)C)c4c(c3)n(C)c(=O)n4C)cn2)cnc1C(=O)NCC#Cc1ccn2ncc(N3CCC(=O)NC3=O)c2c1. The van der Waals surface area contributed by atoms with Gasteiger partial charge in [0.1, 0.15) is 5.69 Å². The van der Waals surface area contributed by atoms with Gasteiger partial charge in [0.05, 0.1) is 52.6 Å². The van der Waals surface area contributed by atoms with E-state index in [-0.39, 0.29) is 42.9 Å². The van der Waals surface area contributed by atoms with E-state index >= 15 is 0 Å². The number of hydrogen-bond acceptors (Lipinski definition) is 8. The van der Waals surface area contributed by atoms with Crippen molar-refractivity contribution < 1.29 is 14.4 Å². The second kappa shape index (κ2) is 13.8. The van der Waals surface area contributed by atoms with Crippen LogP contribution >= 0.6 is 0 Å². The summed E-state index contributed by atoms with van der Waals surface area (Å²) in [6, 6.07) is 13.1. The lowest BCUT2D eigenvalue weighted by molar-refractivity contribution is -0.120. The average molecular weight is 711 g/mol. The molecule has 0 atom stereocenters. The van der Waals surface area contributed by atoms with Crippen LogP contribution < -0.4 is 26.1 Å². The number of carbonyl (C=O) groups excluding carboxylic acids is 3. The van der Waals surface area contributed by atoms with Crippen molar-refractivity contribution in [3.8, 4) is 23.1 Å². The first kappa shape index (κ1) is 34.7. The summed E-state index contributed by atoms with van der Waals surface area (Å²) in [5, 5.41) is 9.44. The van der Waals surface area contributed by atoms with Gasteiger partial charge in [0.25, 0.3) is 5.91 Å². The molecule has 53 heavy (non-hydrogen) atoms. The Morgan fingerprint density at radius 3 is 2.51 bits per heavy atom. The molecule has 5 aromatic heterocycles. The molecule has 0 radical (unpaired) electrons. The molecule has 14 heteroatoms. The third-order valence-electron chi connectivity index (χ3n) is 9.52. The minimum absolute atomic E-state index is 0.0581. The maximum atomic E-state index is 13.0. The molecule has 0 bridgehead atoms. The van der Waals surface area contributed by atoms with Crippen LogP contribution in [0.15, 0.2) is 72.0 Å². The predicted molar refractivity (Wildman–Crippen MR) is 202 cm³/mol. The van der Waals surface area contributed by atoms with Crippen molar-refractivity contribution in [3.05, 3.63) is 100 Å². The standard InChI is InChI=1S/C39H38N10O4/c1-23(2)29-18-28(19-32-36(29)47(6)39(53)46(32)5)45(4)27-9-10-30(41-21-27)26-16-24(3)35(42-20-26)37(51)40-13-7-8-25-11-15-49-31(17-25)33(22-43-49)48-14-12-34(50)44-38(48)52/h9-11,15-23H,12-14H2,1-6H3,(H,40,51)(H,44,50,52). The monoisotopic (exact) mass is 710 g/mol. The largest absolute Gasteiger partial charge is 0.343 e. The molecule has 0 aliphatic carbocycles. The van der Waals surface area contributed by atoms with E-state index in [1.54, 1.807) is 57.6 Å². The highest BCUT2D eigenvalue weighted by Gasteiger charge is 2.26. The maximum Gasteiger partial charge on any atom is 0.328 e. The molecular weight excluding hydrogens is 672 g/mol. The second-order valence-electron chi connectivity index (χ2n) is 13.3. The molecular formula is C39H38N10O4. The van der Waals surface area contributed by atoms with Crippen molar-refractivity contribution in [1.82, 2.24) is 39.3 Å². The molecule has 1 aliphatic heterocycles. The van der Waals surface area contributed by atoms with Crippen LogP contribution in [-0.2, 0) is 18.9 Å². The fourth-order valence-electron chi connectivity index (χ4n) is 6.56. The summed E-state index contributed by atoms with van der Waals surface area (Å²) < 4.78 is 5.02. The van der Waals surface area contributed by atoms with Crippen LogP contribution in [0.2, 0.25) is 0 Å². The highest BCUT2D eigenvalue weighted by atomic mass is 16.2. The number of hydrogen-bond donors (Lipinski definition) is 2. The van der Waals surface area contributed by atoms with Crippen LogP contribution in [0.4, 0.5) is 21.9 Å². The molecule has 14 nitrogen and oxygen atoms in total. The van der Waals surface area contributed by atoms with Gasteiger partial charge in [0.15, 0.2) is 0 Å². The first-order valence-electron chi connectivity index (χ1n) is 17.1. The number of nitrogens with one attached hydrogen (secondary N) is 2. The molecule has 2 N–H and O–H groups in total. The van der Waals surface area contributed by atoms with Crippen LogP contribution in [0, 0.1) is 18.8 Å². The smallest absolute Gasteiger partial charge is 0.328 e. The number of nitrogens with zero attached hydrogens (tertiary/aromatic N) is 8. The van der Waals surface area contributed by atoms with E-state index in [9.17, 15) is 19.2 Å². The lowest BCUT2D eigenvalue weighted by atomic mass is 10.00. The van der Waals surface area contributed by atoms with Gasteiger partial charge in [-0.15, -0.1) is 0 Å². The van der Waals surface area contributed by atoms with Gasteiger partial charge in [0.2, 0.25) is 5.91 Å². The first-order valence-corrected chi connectivity index (χ1v) is 17.1. The quantitative estimate of drug-likeness (QED) is 0.231. The van der Waals surface area contributed by atoms with Crippen LogP contribution in [0.3, 0.4) is 0 Å². The van der Waals surface area contributed by atoms with E-state index in [1.807, 2.05) is 50.2 Å². The summed E-state index contributed by atoms with van der Waals surface area (Å²) in [6.07, 6.45) is 6.96. The molecule has 1 saturated heterocycles. The molecule has 6 aromatic rings. The van der Waals surface area contributed by atoms with Gasteiger partial charge in [-0.3, -0.25) is 38.9 Å². The van der Waals surface area contributed by atoms with Gasteiger partial charge in [-0.2, -0.15) is 5.10 Å². The number of carbonyl (C=O) groups is 3. The third kappa shape index (κ3) is 6.48. The van der Waals surface area contributed by atoms with E-state index in [2.05, 4.69) is 52.5 Å². The molecule has 0 saturated carbocycles. The molecule has 1 aliphatic rings. The Labute approximate surface area is 305 Å². The number of anilines is 3. The zero-order chi connectivity index (χ0) is 37.6. The normalized spacial score (nSPS) is 13.0. The molecule has 6 heterocycles. The fourth-order valence-corrected chi connectivity index (χ4v) is 6.56. The number of imidazole rings is 1. The average Bonchev–Trinajstić information content (AvgIpc) is 3.66. The number of urea groups is 1. The summed E-state index contributed by atoms with van der Waals surface area (Å²) in [5.74, 6) is 5.59. The molecule has 1 fully saturated rings. The van der Waals surface area contributed by atoms with E-state index in [4.69, 9.17) is 4.98 Å². The predicted octanol–water partition coefficient (Wildman–Crippen LogP) is 4.41. The Morgan fingerprint density at radius 1 is 0.981 bits per heavy atom. The van der Waals surface area contributed by atoms with Gasteiger partial charge < -0.3 is 10.2 Å². The molecule has 268 valence electrons. The summed E-state index contributed by atoms with van der Waals surface area (Å²) in [4.78, 5) is 62.4. The molecule has 0 unspecified atom stereocenters. The molecule has 4 amide bonds. The Morgan fingerprint density at radius 2 is 1.79 bits per heavy atom. The molecule has 0 spiro atoms. The van der Waals surface area contributed by atoms with Crippen LogP contribution in [-0.4, -0.2) is 66.7 Å². The van der Waals surface area contributed by atoms with Gasteiger partial charge >= 0.3 is 11.7 Å². The van der Waals surface area contributed by atoms with Crippen molar-refractivity contribution in [2.45, 2.75) is 33.1 Å². The number of fused-ring (bicyclic) bond motifs is 2. The Balaban J connectivity index is 1.01. The minimum atomic E-state index is -0.487. The Kier molecular flexibility index (Phi) is 9.00. The summed E-state index contributed by atoms with van der Waals surface area (Å²) in [7, 11) is 5.58. The molecule has 7 rings (SSSR count). The topological polar surface area (TPSA) is 152 Å². The van der Waals surface area contributed by atoms with Crippen molar-refractivity contribution in [2.75, 3.05) is 29.9 Å². The van der Waals surface area contributed by atoms with Crippen LogP contribution in [0.5, 0.6) is 0 Å². The Bertz CT molecular complexity index is 2570. The lowest BCUT2D eigenvalue weighted by Gasteiger charge is -2.25. The van der Waals surface area contributed by atoms with E-state index < -0.39 is 6.03 Å². The van der Waals surface area contributed by atoms with Crippen molar-refractivity contribution in [2.24, 2.45) is 14.1 Å². The van der Waals surface area contributed by atoms with Crippen molar-refractivity contribution in [3.63, 3.8) is 0 Å². The number of pyridine rings is 3. The number of aromatic nitrogens is 6. The van der Waals surface area contributed by atoms with E-state index in [1.165, 1.54) is 4.90 Å². The van der Waals surface area contributed by atoms with Gasteiger partial charge in [-0.1, -0.05) is 25.7 Å². The lowest BCUT2D eigenvalue weighted by Crippen LogP contribution is -2.49. The summed E-state index contributed by atoms with van der Waals surface area (Å²) in [6.45, 7) is 6.44. The third-order valence-corrected chi connectivity index (χ3v) is 9.52. The number of amides is 4. The van der Waals surface area contributed by atoms with Crippen LogP contribution in [0.25, 0.3) is 27.8 Å². The zero-order valence-electron chi connectivity index (χ0n) is 30.3. The molecule has 1 aromatic carbocycles. The number of benzene rings is 1. The van der Waals surface area contributed by atoms with E-state index in [0.717, 1.165) is 33.5 Å². The second-order valence-corrected chi connectivity index (χ2v) is 13.3. The number of aryl methyl sites for hydroxylation is 3. The highest BCUT2D eigenvalue weighted by Crippen LogP contribution is 2.33. The van der Waals surface area contributed by atoms with Gasteiger partial charge in [-0.05, 0) is 66.4 Å². The van der Waals surface area contributed by atoms with Gasteiger partial charge in [0, 0.05) is 63.3 Å². The number of imide groups is 1. The summed E-state index contributed by atoms with van der Waals surface area (Å²) >= 11 is 0. The van der Waals surface area contributed by atoms with Crippen molar-refractivity contribution >= 4 is 51.5 Å². The first-order chi connectivity index (χ1) is 25.4. The Hall–Kier alpha value is -6.75. The minimum Gasteiger partial charge on any atom is -0.343 e. The van der Waals surface area contributed by atoms with Gasteiger partial charge in [-0.25, -0.2) is 14.1 Å². The summed E-state index contributed by atoms with van der Waals surface area (Å²) in [5.41, 5.74) is 9.08.